The van der Waals surface area contributed by atoms with Gasteiger partial charge in [-0.05, 0) is 32.6 Å². The summed E-state index contributed by atoms with van der Waals surface area (Å²) in [6.07, 6.45) is 5.58. The Morgan fingerprint density at radius 1 is 1.18 bits per heavy atom. The molecule has 3 unspecified atom stereocenters. The molecule has 3 atom stereocenters. The van der Waals surface area contributed by atoms with Crippen LogP contribution in [0, 0.1) is 5.92 Å². The molecule has 2 aliphatic heterocycles. The van der Waals surface area contributed by atoms with E-state index < -0.39 is 0 Å². The second kappa shape index (κ2) is 3.11. The molecule has 2 aliphatic rings. The molecule has 2 nitrogen and oxygen atoms in total. The fraction of sp³-hybridized carbons (Fsp3) is 1.00. The van der Waals surface area contributed by atoms with Gasteiger partial charge in [-0.1, -0.05) is 0 Å². The van der Waals surface area contributed by atoms with E-state index in [1.807, 2.05) is 0 Å². The van der Waals surface area contributed by atoms with E-state index in [2.05, 4.69) is 6.92 Å². The molecule has 11 heavy (non-hydrogen) atoms. The summed E-state index contributed by atoms with van der Waals surface area (Å²) in [5.41, 5.74) is 0. The average molecular weight is 156 g/mol. The van der Waals surface area contributed by atoms with Crippen molar-refractivity contribution in [2.45, 2.75) is 45.0 Å². The third-order valence-corrected chi connectivity index (χ3v) is 2.70. The van der Waals surface area contributed by atoms with Gasteiger partial charge in [-0.15, -0.1) is 0 Å². The number of fused-ring (bicyclic) bond motifs is 1. The van der Waals surface area contributed by atoms with Gasteiger partial charge in [0.2, 0.25) is 0 Å². The van der Waals surface area contributed by atoms with E-state index in [4.69, 9.17) is 9.47 Å². The molecule has 64 valence electrons. The predicted molar refractivity (Wildman–Crippen MR) is 42.2 cm³/mol. The lowest BCUT2D eigenvalue weighted by Crippen LogP contribution is -2.38. The van der Waals surface area contributed by atoms with Crippen LogP contribution < -0.4 is 0 Å². The van der Waals surface area contributed by atoms with E-state index in [0.717, 1.165) is 6.61 Å². The molecule has 0 amide bonds. The zero-order valence-electron chi connectivity index (χ0n) is 7.08. The van der Waals surface area contributed by atoms with Crippen molar-refractivity contribution in [3.8, 4) is 0 Å². The predicted octanol–water partition coefficient (Wildman–Crippen LogP) is 1.94. The second-order valence-electron chi connectivity index (χ2n) is 3.67. The molecule has 0 aromatic carbocycles. The standard InChI is InChI=1S/C9H16O2/c1-7-4-5-8-3-2-6-10-9(8)11-7/h7-9H,2-6H2,1H3. The van der Waals surface area contributed by atoms with Crippen molar-refractivity contribution >= 4 is 0 Å². The molecular formula is C9H16O2. The van der Waals surface area contributed by atoms with Crippen LogP contribution in [0.25, 0.3) is 0 Å². The Kier molecular flexibility index (Phi) is 2.14. The van der Waals surface area contributed by atoms with Gasteiger partial charge in [0, 0.05) is 12.5 Å². The van der Waals surface area contributed by atoms with Crippen molar-refractivity contribution in [3.05, 3.63) is 0 Å². The van der Waals surface area contributed by atoms with Gasteiger partial charge in [0.25, 0.3) is 0 Å². The van der Waals surface area contributed by atoms with Crippen LogP contribution in [0.15, 0.2) is 0 Å². The molecule has 2 rings (SSSR count). The van der Waals surface area contributed by atoms with Gasteiger partial charge in [-0.25, -0.2) is 0 Å². The minimum atomic E-state index is 0.132. The Balaban J connectivity index is 1.93. The van der Waals surface area contributed by atoms with Gasteiger partial charge >= 0.3 is 0 Å². The van der Waals surface area contributed by atoms with E-state index in [-0.39, 0.29) is 6.29 Å². The van der Waals surface area contributed by atoms with Gasteiger partial charge in [-0.3, -0.25) is 0 Å². The monoisotopic (exact) mass is 156 g/mol. The summed E-state index contributed by atoms with van der Waals surface area (Å²) in [5, 5.41) is 0. The van der Waals surface area contributed by atoms with Crippen molar-refractivity contribution < 1.29 is 9.47 Å². The molecule has 0 aromatic rings. The zero-order valence-corrected chi connectivity index (χ0v) is 7.08. The van der Waals surface area contributed by atoms with Gasteiger partial charge in [-0.2, -0.15) is 0 Å². The van der Waals surface area contributed by atoms with Crippen LogP contribution in [0.3, 0.4) is 0 Å². The lowest BCUT2D eigenvalue weighted by Gasteiger charge is -2.37. The molecule has 2 heteroatoms. The highest BCUT2D eigenvalue weighted by Crippen LogP contribution is 2.32. The summed E-state index contributed by atoms with van der Waals surface area (Å²) < 4.78 is 11.2. The molecule has 2 heterocycles. The van der Waals surface area contributed by atoms with E-state index in [9.17, 15) is 0 Å². The molecule has 0 aromatic heterocycles. The van der Waals surface area contributed by atoms with Crippen LogP contribution in [-0.4, -0.2) is 19.0 Å². The minimum Gasteiger partial charge on any atom is -0.352 e. The largest absolute Gasteiger partial charge is 0.352 e. The number of ether oxygens (including phenoxy) is 2. The van der Waals surface area contributed by atoms with E-state index in [1.165, 1.54) is 25.7 Å². The highest BCUT2D eigenvalue weighted by molar-refractivity contribution is 4.74. The second-order valence-corrected chi connectivity index (χ2v) is 3.67. The van der Waals surface area contributed by atoms with Crippen LogP contribution in [0.4, 0.5) is 0 Å². The molecular weight excluding hydrogens is 140 g/mol. The first-order valence-corrected chi connectivity index (χ1v) is 4.63. The number of hydrogen-bond acceptors (Lipinski definition) is 2. The maximum Gasteiger partial charge on any atom is 0.160 e. The van der Waals surface area contributed by atoms with Gasteiger partial charge < -0.3 is 9.47 Å². The highest BCUT2D eigenvalue weighted by Gasteiger charge is 2.31. The summed E-state index contributed by atoms with van der Waals surface area (Å²) in [5.74, 6) is 0.694. The van der Waals surface area contributed by atoms with Crippen molar-refractivity contribution in [1.29, 1.82) is 0 Å². The third-order valence-electron chi connectivity index (χ3n) is 2.70. The quantitative estimate of drug-likeness (QED) is 0.533. The van der Waals surface area contributed by atoms with Crippen molar-refractivity contribution in [3.63, 3.8) is 0 Å². The Morgan fingerprint density at radius 2 is 2.09 bits per heavy atom. The molecule has 0 spiro atoms. The minimum absolute atomic E-state index is 0.132. The van der Waals surface area contributed by atoms with Crippen molar-refractivity contribution in [2.75, 3.05) is 6.61 Å². The van der Waals surface area contributed by atoms with Crippen molar-refractivity contribution in [2.24, 2.45) is 5.92 Å². The summed E-state index contributed by atoms with van der Waals surface area (Å²) in [6.45, 7) is 3.03. The first-order valence-electron chi connectivity index (χ1n) is 4.63. The first-order chi connectivity index (χ1) is 5.36. The molecule has 2 saturated heterocycles. The SMILES string of the molecule is CC1CCC2CCCOC2O1. The molecule has 0 saturated carbocycles. The average Bonchev–Trinajstić information content (AvgIpc) is 2.04. The number of hydrogen-bond donors (Lipinski definition) is 0. The maximum absolute atomic E-state index is 5.67. The van der Waals surface area contributed by atoms with Gasteiger partial charge in [0.15, 0.2) is 6.29 Å². The fourth-order valence-electron chi connectivity index (χ4n) is 1.99. The van der Waals surface area contributed by atoms with Crippen LogP contribution >= 0.6 is 0 Å². The topological polar surface area (TPSA) is 18.5 Å². The Hall–Kier alpha value is -0.0800. The van der Waals surface area contributed by atoms with E-state index >= 15 is 0 Å². The Bertz CT molecular complexity index is 136. The smallest absolute Gasteiger partial charge is 0.160 e. The molecule has 0 N–H and O–H groups in total. The summed E-state index contributed by atoms with van der Waals surface area (Å²) in [6, 6.07) is 0. The van der Waals surface area contributed by atoms with Crippen LogP contribution in [0.5, 0.6) is 0 Å². The molecule has 0 radical (unpaired) electrons. The van der Waals surface area contributed by atoms with Gasteiger partial charge in [0.1, 0.15) is 0 Å². The fourth-order valence-corrected chi connectivity index (χ4v) is 1.99. The van der Waals surface area contributed by atoms with Crippen LogP contribution in [0.1, 0.15) is 32.6 Å². The highest BCUT2D eigenvalue weighted by atomic mass is 16.7. The number of rotatable bonds is 0. The Morgan fingerprint density at radius 3 is 3.00 bits per heavy atom. The lowest BCUT2D eigenvalue weighted by molar-refractivity contribution is -0.234. The summed E-state index contributed by atoms with van der Waals surface area (Å²) >= 11 is 0. The van der Waals surface area contributed by atoms with Crippen LogP contribution in [-0.2, 0) is 9.47 Å². The first kappa shape index (κ1) is 7.56. The molecule has 0 aliphatic carbocycles. The zero-order chi connectivity index (χ0) is 7.68. The normalized spacial score (nSPS) is 45.0. The summed E-state index contributed by atoms with van der Waals surface area (Å²) in [4.78, 5) is 0. The molecule has 0 bridgehead atoms. The van der Waals surface area contributed by atoms with E-state index in [1.54, 1.807) is 0 Å². The van der Waals surface area contributed by atoms with Crippen LogP contribution in [0.2, 0.25) is 0 Å². The van der Waals surface area contributed by atoms with Crippen molar-refractivity contribution in [1.82, 2.24) is 0 Å². The lowest BCUT2D eigenvalue weighted by atomic mass is 9.91. The third kappa shape index (κ3) is 1.57. The maximum atomic E-state index is 5.67. The van der Waals surface area contributed by atoms with Gasteiger partial charge in [0.05, 0.1) is 6.10 Å². The Labute approximate surface area is 67.9 Å². The summed E-state index contributed by atoms with van der Waals surface area (Å²) in [7, 11) is 0. The van der Waals surface area contributed by atoms with E-state index in [0.29, 0.717) is 12.0 Å². The molecule has 2 fully saturated rings.